The van der Waals surface area contributed by atoms with Crippen LogP contribution < -0.4 is 5.32 Å². The molecule has 0 aliphatic carbocycles. The van der Waals surface area contributed by atoms with Crippen LogP contribution in [0.2, 0.25) is 0 Å². The highest BCUT2D eigenvalue weighted by atomic mass is 16.5. The second-order valence-corrected chi connectivity index (χ2v) is 3.23. The third kappa shape index (κ3) is 1.13. The number of aromatic nitrogens is 2. The van der Waals surface area contributed by atoms with Crippen molar-refractivity contribution in [2.75, 3.05) is 6.54 Å². The highest BCUT2D eigenvalue weighted by Crippen LogP contribution is 2.23. The number of nitrogens with one attached hydrogen (secondary N) is 1. The van der Waals surface area contributed by atoms with Gasteiger partial charge in [-0.2, -0.15) is 4.98 Å². The zero-order valence-electron chi connectivity index (χ0n) is 7.43. The Morgan fingerprint density at radius 1 is 1.50 bits per heavy atom. The Morgan fingerprint density at radius 2 is 2.43 bits per heavy atom. The van der Waals surface area contributed by atoms with Crippen LogP contribution in [0.15, 0.2) is 27.3 Å². The maximum absolute atomic E-state index is 5.16. The average Bonchev–Trinajstić information content (AvgIpc) is 2.65. The summed E-state index contributed by atoms with van der Waals surface area (Å²) in [5, 5.41) is 7.04. The molecule has 1 N–H and O–H groups in total. The number of nitrogens with zero attached hydrogens (tertiary/aromatic N) is 2. The first-order valence-corrected chi connectivity index (χ1v) is 4.54. The Hall–Kier alpha value is -1.62. The molecule has 0 bridgehead atoms. The maximum atomic E-state index is 5.16. The summed E-state index contributed by atoms with van der Waals surface area (Å²) in [6.45, 7) is 1.02. The average molecular weight is 191 g/mol. The van der Waals surface area contributed by atoms with Crippen molar-refractivity contribution in [1.29, 1.82) is 0 Å². The molecule has 1 fully saturated rings. The zero-order chi connectivity index (χ0) is 9.38. The van der Waals surface area contributed by atoms with Gasteiger partial charge in [0.2, 0.25) is 11.7 Å². The zero-order valence-corrected chi connectivity index (χ0v) is 7.43. The van der Waals surface area contributed by atoms with Gasteiger partial charge in [0.1, 0.15) is 0 Å². The van der Waals surface area contributed by atoms with E-state index >= 15 is 0 Å². The largest absolute Gasteiger partial charge is 0.461 e. The van der Waals surface area contributed by atoms with E-state index in [9.17, 15) is 0 Å². The van der Waals surface area contributed by atoms with Gasteiger partial charge in [0, 0.05) is 0 Å². The lowest BCUT2D eigenvalue weighted by Crippen LogP contribution is -2.35. The van der Waals surface area contributed by atoms with E-state index < -0.39 is 0 Å². The van der Waals surface area contributed by atoms with Gasteiger partial charge in [0.25, 0.3) is 0 Å². The highest BCUT2D eigenvalue weighted by molar-refractivity contribution is 5.44. The van der Waals surface area contributed by atoms with E-state index in [4.69, 9.17) is 8.94 Å². The van der Waals surface area contributed by atoms with E-state index in [-0.39, 0.29) is 6.04 Å². The van der Waals surface area contributed by atoms with E-state index in [0.717, 1.165) is 13.0 Å². The van der Waals surface area contributed by atoms with Crippen molar-refractivity contribution in [3.8, 4) is 11.6 Å². The Labute approximate surface area is 80.1 Å². The molecule has 1 saturated heterocycles. The smallest absolute Gasteiger partial charge is 0.244 e. The fourth-order valence-corrected chi connectivity index (χ4v) is 1.38. The van der Waals surface area contributed by atoms with Crippen LogP contribution in [0.5, 0.6) is 0 Å². The molecule has 0 radical (unpaired) electrons. The van der Waals surface area contributed by atoms with Crippen LogP contribution in [0.25, 0.3) is 11.6 Å². The van der Waals surface area contributed by atoms with Crippen LogP contribution >= 0.6 is 0 Å². The predicted octanol–water partition coefficient (Wildman–Crippen LogP) is 1.36. The van der Waals surface area contributed by atoms with E-state index in [0.29, 0.717) is 17.5 Å². The van der Waals surface area contributed by atoms with Crippen molar-refractivity contribution < 1.29 is 8.94 Å². The van der Waals surface area contributed by atoms with Crippen molar-refractivity contribution in [1.82, 2.24) is 15.5 Å². The minimum absolute atomic E-state index is 0.228. The minimum Gasteiger partial charge on any atom is -0.461 e. The van der Waals surface area contributed by atoms with Gasteiger partial charge < -0.3 is 14.3 Å². The van der Waals surface area contributed by atoms with Crippen LogP contribution in [0, 0.1) is 0 Å². The molecule has 0 aromatic carbocycles. The van der Waals surface area contributed by atoms with E-state index in [2.05, 4.69) is 15.5 Å². The van der Waals surface area contributed by atoms with Gasteiger partial charge >= 0.3 is 0 Å². The SMILES string of the molecule is c1coc(-c2noc(C3CCN3)n2)c1. The summed E-state index contributed by atoms with van der Waals surface area (Å²) in [4.78, 5) is 4.24. The van der Waals surface area contributed by atoms with Gasteiger partial charge in [-0.05, 0) is 25.1 Å². The molecule has 3 rings (SSSR count). The summed E-state index contributed by atoms with van der Waals surface area (Å²) in [6, 6.07) is 3.83. The third-order valence-corrected chi connectivity index (χ3v) is 2.31. The van der Waals surface area contributed by atoms with Crippen molar-refractivity contribution >= 4 is 0 Å². The molecule has 5 nitrogen and oxygen atoms in total. The van der Waals surface area contributed by atoms with E-state index in [1.54, 1.807) is 12.3 Å². The van der Waals surface area contributed by atoms with E-state index in [1.165, 1.54) is 0 Å². The summed E-state index contributed by atoms with van der Waals surface area (Å²) < 4.78 is 10.3. The fraction of sp³-hybridized carbons (Fsp3) is 0.333. The molecule has 1 unspecified atom stereocenters. The molecule has 14 heavy (non-hydrogen) atoms. The predicted molar refractivity (Wildman–Crippen MR) is 47.4 cm³/mol. The molecular formula is C9H9N3O2. The first-order chi connectivity index (χ1) is 6.93. The molecule has 72 valence electrons. The van der Waals surface area contributed by atoms with Crippen molar-refractivity contribution in [3.63, 3.8) is 0 Å². The van der Waals surface area contributed by atoms with Crippen molar-refractivity contribution in [3.05, 3.63) is 24.3 Å². The Balaban J connectivity index is 1.90. The van der Waals surface area contributed by atoms with Crippen LogP contribution in [-0.4, -0.2) is 16.7 Å². The number of furan rings is 1. The van der Waals surface area contributed by atoms with Crippen LogP contribution in [-0.2, 0) is 0 Å². The van der Waals surface area contributed by atoms with Crippen molar-refractivity contribution in [2.24, 2.45) is 0 Å². The summed E-state index contributed by atoms with van der Waals surface area (Å²) in [5.41, 5.74) is 0. The third-order valence-electron chi connectivity index (χ3n) is 2.31. The number of hydrogen-bond donors (Lipinski definition) is 1. The molecule has 2 aromatic rings. The summed E-state index contributed by atoms with van der Waals surface area (Å²) in [6.07, 6.45) is 2.65. The molecular weight excluding hydrogens is 182 g/mol. The summed E-state index contributed by atoms with van der Waals surface area (Å²) >= 11 is 0. The molecule has 1 aliphatic rings. The van der Waals surface area contributed by atoms with Gasteiger partial charge in [0.05, 0.1) is 12.3 Å². The first kappa shape index (κ1) is 7.75. The number of hydrogen-bond acceptors (Lipinski definition) is 5. The number of rotatable bonds is 2. The molecule has 1 atom stereocenters. The molecule has 1 aliphatic heterocycles. The topological polar surface area (TPSA) is 64.1 Å². The van der Waals surface area contributed by atoms with Gasteiger partial charge in [0.15, 0.2) is 5.76 Å². The van der Waals surface area contributed by atoms with Gasteiger partial charge in [-0.1, -0.05) is 5.16 Å². The second kappa shape index (κ2) is 2.95. The first-order valence-electron chi connectivity index (χ1n) is 4.54. The second-order valence-electron chi connectivity index (χ2n) is 3.23. The minimum atomic E-state index is 0.228. The highest BCUT2D eigenvalue weighted by Gasteiger charge is 2.25. The maximum Gasteiger partial charge on any atom is 0.244 e. The molecule has 0 amide bonds. The van der Waals surface area contributed by atoms with Crippen LogP contribution in [0.1, 0.15) is 18.4 Å². The quantitative estimate of drug-likeness (QED) is 0.776. The van der Waals surface area contributed by atoms with Gasteiger partial charge in [-0.3, -0.25) is 0 Å². The van der Waals surface area contributed by atoms with E-state index in [1.807, 2.05) is 6.07 Å². The normalized spacial score (nSPS) is 20.7. The molecule has 5 heteroatoms. The molecule has 3 heterocycles. The Bertz CT molecular complexity index is 417. The monoisotopic (exact) mass is 191 g/mol. The lowest BCUT2D eigenvalue weighted by molar-refractivity contribution is 0.273. The van der Waals surface area contributed by atoms with Gasteiger partial charge in [-0.15, -0.1) is 0 Å². The molecule has 0 saturated carbocycles. The fourth-order valence-electron chi connectivity index (χ4n) is 1.38. The Morgan fingerprint density at radius 3 is 3.07 bits per heavy atom. The van der Waals surface area contributed by atoms with Crippen LogP contribution in [0.4, 0.5) is 0 Å². The lowest BCUT2D eigenvalue weighted by Gasteiger charge is -2.23. The molecule has 2 aromatic heterocycles. The summed E-state index contributed by atoms with van der Waals surface area (Å²) in [5.74, 6) is 1.79. The lowest BCUT2D eigenvalue weighted by atomic mass is 10.1. The van der Waals surface area contributed by atoms with Gasteiger partial charge in [-0.25, -0.2) is 0 Å². The standard InChI is InChI=1S/C9H9N3O2/c1-2-7(13-5-1)8-11-9(14-12-8)6-3-4-10-6/h1-2,5-6,10H,3-4H2. The molecule has 0 spiro atoms. The van der Waals surface area contributed by atoms with Crippen molar-refractivity contribution in [2.45, 2.75) is 12.5 Å². The van der Waals surface area contributed by atoms with Crippen LogP contribution in [0.3, 0.4) is 0 Å². The summed E-state index contributed by atoms with van der Waals surface area (Å²) in [7, 11) is 0. The Kier molecular flexibility index (Phi) is 1.63.